The molecular weight excluding hydrogens is 274 g/mol. The third kappa shape index (κ3) is 3.81. The molecule has 116 valence electrons. The van der Waals surface area contributed by atoms with Crippen molar-refractivity contribution < 1.29 is 19.4 Å². The van der Waals surface area contributed by atoms with Gasteiger partial charge < -0.3 is 14.7 Å². The molecule has 1 aromatic heterocycles. The fourth-order valence-electron chi connectivity index (χ4n) is 2.20. The van der Waals surface area contributed by atoms with Gasteiger partial charge in [0.05, 0.1) is 36.4 Å². The molecule has 1 amide bonds. The van der Waals surface area contributed by atoms with Crippen molar-refractivity contribution in [3.63, 3.8) is 0 Å². The second-order valence-corrected chi connectivity index (χ2v) is 6.19. The third-order valence-corrected chi connectivity index (χ3v) is 3.35. The minimum atomic E-state index is -0.921. The molecule has 21 heavy (non-hydrogen) atoms. The number of nitrogens with zero attached hydrogens (tertiary/aromatic N) is 3. The van der Waals surface area contributed by atoms with E-state index in [0.717, 1.165) is 0 Å². The average molecular weight is 295 g/mol. The molecular formula is C14H21N3O4. The number of amides is 1. The van der Waals surface area contributed by atoms with Crippen LogP contribution in [0, 0.1) is 0 Å². The summed E-state index contributed by atoms with van der Waals surface area (Å²) in [6.07, 6.45) is 2.74. The molecule has 0 saturated carbocycles. The maximum Gasteiger partial charge on any atom is 0.306 e. The second kappa shape index (κ2) is 5.85. The first-order valence-electron chi connectivity index (χ1n) is 6.95. The lowest BCUT2D eigenvalue weighted by molar-refractivity contribution is -0.141. The van der Waals surface area contributed by atoms with E-state index in [0.29, 0.717) is 25.3 Å². The van der Waals surface area contributed by atoms with Crippen molar-refractivity contribution in [2.24, 2.45) is 0 Å². The van der Waals surface area contributed by atoms with Gasteiger partial charge in [-0.2, -0.15) is 5.10 Å². The molecule has 0 radical (unpaired) electrons. The van der Waals surface area contributed by atoms with Gasteiger partial charge in [-0.1, -0.05) is 0 Å². The van der Waals surface area contributed by atoms with Crippen molar-refractivity contribution in [3.05, 3.63) is 18.0 Å². The molecule has 0 spiro atoms. The number of aromatic nitrogens is 2. The summed E-state index contributed by atoms with van der Waals surface area (Å²) in [5, 5.41) is 13.0. The number of hydrogen-bond donors (Lipinski definition) is 1. The summed E-state index contributed by atoms with van der Waals surface area (Å²) >= 11 is 0. The van der Waals surface area contributed by atoms with Crippen molar-refractivity contribution in [3.8, 4) is 0 Å². The van der Waals surface area contributed by atoms with Crippen LogP contribution in [0.1, 0.15) is 37.6 Å². The average Bonchev–Trinajstić information content (AvgIpc) is 2.86. The molecule has 1 aliphatic rings. The SMILES string of the molecule is CC(C)(C)n1cc(C(=O)N2CCO[C@H](CC(=O)O)C2)cn1. The number of carbonyl (C=O) groups excluding carboxylic acids is 1. The van der Waals surface area contributed by atoms with Crippen LogP contribution in [-0.2, 0) is 15.1 Å². The zero-order chi connectivity index (χ0) is 15.6. The molecule has 0 unspecified atom stereocenters. The highest BCUT2D eigenvalue weighted by molar-refractivity contribution is 5.93. The molecule has 1 atom stereocenters. The van der Waals surface area contributed by atoms with Crippen molar-refractivity contribution in [1.29, 1.82) is 0 Å². The topological polar surface area (TPSA) is 84.7 Å². The van der Waals surface area contributed by atoms with E-state index in [1.807, 2.05) is 20.8 Å². The quantitative estimate of drug-likeness (QED) is 0.897. The fraction of sp³-hybridized carbons (Fsp3) is 0.643. The maximum atomic E-state index is 12.4. The summed E-state index contributed by atoms with van der Waals surface area (Å²) in [6.45, 7) is 7.14. The van der Waals surface area contributed by atoms with E-state index in [2.05, 4.69) is 5.10 Å². The zero-order valence-corrected chi connectivity index (χ0v) is 12.6. The number of aliphatic carboxylic acids is 1. The molecule has 1 saturated heterocycles. The molecule has 2 rings (SSSR count). The highest BCUT2D eigenvalue weighted by Crippen LogP contribution is 2.16. The zero-order valence-electron chi connectivity index (χ0n) is 12.6. The van der Waals surface area contributed by atoms with E-state index < -0.39 is 12.1 Å². The number of rotatable bonds is 3. The lowest BCUT2D eigenvalue weighted by Gasteiger charge is -2.32. The fourth-order valence-corrected chi connectivity index (χ4v) is 2.20. The second-order valence-electron chi connectivity index (χ2n) is 6.19. The molecule has 0 bridgehead atoms. The monoisotopic (exact) mass is 295 g/mol. The van der Waals surface area contributed by atoms with Crippen LogP contribution < -0.4 is 0 Å². The highest BCUT2D eigenvalue weighted by atomic mass is 16.5. The Morgan fingerprint density at radius 1 is 1.48 bits per heavy atom. The predicted octanol–water partition coefficient (Wildman–Crippen LogP) is 0.954. The Balaban J connectivity index is 2.05. The van der Waals surface area contributed by atoms with Gasteiger partial charge >= 0.3 is 5.97 Å². The van der Waals surface area contributed by atoms with Crippen LogP contribution >= 0.6 is 0 Å². The number of morpholine rings is 1. The van der Waals surface area contributed by atoms with Crippen LogP contribution in [0.5, 0.6) is 0 Å². The molecule has 7 nitrogen and oxygen atoms in total. The number of hydrogen-bond acceptors (Lipinski definition) is 4. The van der Waals surface area contributed by atoms with Gasteiger partial charge in [-0.15, -0.1) is 0 Å². The molecule has 1 fully saturated rings. The van der Waals surface area contributed by atoms with E-state index in [1.54, 1.807) is 22.0 Å². The molecule has 1 N–H and O–H groups in total. The normalized spacial score (nSPS) is 19.6. The Kier molecular flexibility index (Phi) is 4.32. The van der Waals surface area contributed by atoms with Gasteiger partial charge in [0.1, 0.15) is 0 Å². The number of carboxylic acids is 1. The Hall–Kier alpha value is -1.89. The summed E-state index contributed by atoms with van der Waals surface area (Å²) in [5.74, 6) is -1.06. The first-order valence-corrected chi connectivity index (χ1v) is 6.95. The Labute approximate surface area is 123 Å². The van der Waals surface area contributed by atoms with Gasteiger partial charge in [0, 0.05) is 19.3 Å². The van der Waals surface area contributed by atoms with Crippen molar-refractivity contribution >= 4 is 11.9 Å². The molecule has 1 aromatic rings. The summed E-state index contributed by atoms with van der Waals surface area (Å²) in [7, 11) is 0. The Morgan fingerprint density at radius 2 is 2.19 bits per heavy atom. The molecule has 2 heterocycles. The number of ether oxygens (including phenoxy) is 1. The standard InChI is InChI=1S/C14H21N3O4/c1-14(2,3)17-8-10(7-15-17)13(20)16-4-5-21-11(9-16)6-12(18)19/h7-8,11H,4-6,9H2,1-3H3,(H,18,19)/t11-/m1/s1. The van der Waals surface area contributed by atoms with Gasteiger partial charge in [0.15, 0.2) is 0 Å². The largest absolute Gasteiger partial charge is 0.481 e. The minimum Gasteiger partial charge on any atom is -0.481 e. The number of carbonyl (C=O) groups is 2. The smallest absolute Gasteiger partial charge is 0.306 e. The Bertz CT molecular complexity index is 533. The molecule has 0 aromatic carbocycles. The molecule has 0 aliphatic carbocycles. The number of carboxylic acid groups (broad SMARTS) is 1. The predicted molar refractivity (Wildman–Crippen MR) is 75.1 cm³/mol. The van der Waals surface area contributed by atoms with Crippen LogP contribution in [0.3, 0.4) is 0 Å². The summed E-state index contributed by atoms with van der Waals surface area (Å²) in [6, 6.07) is 0. The lowest BCUT2D eigenvalue weighted by atomic mass is 10.1. The summed E-state index contributed by atoms with van der Waals surface area (Å²) in [4.78, 5) is 24.8. The first kappa shape index (κ1) is 15.5. The maximum absolute atomic E-state index is 12.4. The van der Waals surface area contributed by atoms with Gasteiger partial charge in [-0.05, 0) is 20.8 Å². The first-order chi connectivity index (χ1) is 9.77. The Morgan fingerprint density at radius 3 is 2.76 bits per heavy atom. The van der Waals surface area contributed by atoms with Crippen molar-refractivity contribution in [2.75, 3.05) is 19.7 Å². The van der Waals surface area contributed by atoms with E-state index in [1.165, 1.54) is 0 Å². The minimum absolute atomic E-state index is 0.0922. The van der Waals surface area contributed by atoms with E-state index in [-0.39, 0.29) is 17.9 Å². The van der Waals surface area contributed by atoms with E-state index in [9.17, 15) is 9.59 Å². The van der Waals surface area contributed by atoms with Crippen LogP contribution in [0.15, 0.2) is 12.4 Å². The van der Waals surface area contributed by atoms with Gasteiger partial charge in [0.2, 0.25) is 0 Å². The summed E-state index contributed by atoms with van der Waals surface area (Å²) in [5.41, 5.74) is 0.330. The van der Waals surface area contributed by atoms with Gasteiger partial charge in [-0.25, -0.2) is 0 Å². The van der Waals surface area contributed by atoms with Crippen LogP contribution in [-0.4, -0.2) is 57.5 Å². The molecule has 1 aliphatic heterocycles. The van der Waals surface area contributed by atoms with Crippen LogP contribution in [0.2, 0.25) is 0 Å². The van der Waals surface area contributed by atoms with E-state index in [4.69, 9.17) is 9.84 Å². The highest BCUT2D eigenvalue weighted by Gasteiger charge is 2.27. The van der Waals surface area contributed by atoms with Crippen molar-refractivity contribution in [1.82, 2.24) is 14.7 Å². The van der Waals surface area contributed by atoms with Gasteiger partial charge in [-0.3, -0.25) is 14.3 Å². The summed E-state index contributed by atoms with van der Waals surface area (Å²) < 4.78 is 7.11. The van der Waals surface area contributed by atoms with Crippen LogP contribution in [0.25, 0.3) is 0 Å². The van der Waals surface area contributed by atoms with Crippen LogP contribution in [0.4, 0.5) is 0 Å². The van der Waals surface area contributed by atoms with Gasteiger partial charge in [0.25, 0.3) is 5.91 Å². The molecule has 7 heteroatoms. The lowest BCUT2D eigenvalue weighted by Crippen LogP contribution is -2.46. The van der Waals surface area contributed by atoms with E-state index >= 15 is 0 Å². The van der Waals surface area contributed by atoms with Crippen molar-refractivity contribution in [2.45, 2.75) is 38.8 Å². The third-order valence-electron chi connectivity index (χ3n) is 3.35.